The van der Waals surface area contributed by atoms with E-state index >= 15 is 0 Å². The number of urea groups is 1. The van der Waals surface area contributed by atoms with E-state index in [-0.39, 0.29) is 11.6 Å². The largest absolute Gasteiger partial charge is 0.478 e. The van der Waals surface area contributed by atoms with Crippen LogP contribution in [-0.2, 0) is 6.42 Å². The van der Waals surface area contributed by atoms with Crippen LogP contribution in [0.4, 0.5) is 10.5 Å². The van der Waals surface area contributed by atoms with Crippen molar-refractivity contribution in [2.24, 2.45) is 0 Å². The minimum absolute atomic E-state index is 0.180. The number of amides is 2. The van der Waals surface area contributed by atoms with Gasteiger partial charge in [0.15, 0.2) is 0 Å². The summed E-state index contributed by atoms with van der Waals surface area (Å²) in [5.74, 6) is -0.996. The smallest absolute Gasteiger partial charge is 0.335 e. The zero-order valence-corrected chi connectivity index (χ0v) is 13.3. The number of aromatic carboxylic acids is 1. The van der Waals surface area contributed by atoms with Gasteiger partial charge in [-0.15, -0.1) is 0 Å². The molecule has 2 aromatic carbocycles. The molecule has 0 atom stereocenters. The van der Waals surface area contributed by atoms with E-state index in [1.807, 2.05) is 24.3 Å². The molecular weight excluding hydrogens is 348 g/mol. The van der Waals surface area contributed by atoms with Crippen molar-refractivity contribution in [2.45, 2.75) is 6.42 Å². The first-order valence-corrected chi connectivity index (χ1v) is 7.47. The number of hydrogen-bond acceptors (Lipinski definition) is 2. The Bertz CT molecular complexity index is 671. The van der Waals surface area contributed by atoms with Crippen LogP contribution in [0.3, 0.4) is 0 Å². The van der Waals surface area contributed by atoms with Gasteiger partial charge in [0.2, 0.25) is 0 Å². The van der Waals surface area contributed by atoms with Crippen LogP contribution in [0.15, 0.2) is 53.0 Å². The first kappa shape index (κ1) is 16.0. The van der Waals surface area contributed by atoms with Gasteiger partial charge in [0.25, 0.3) is 0 Å². The molecule has 0 spiro atoms. The summed E-state index contributed by atoms with van der Waals surface area (Å²) in [6, 6.07) is 13.5. The zero-order chi connectivity index (χ0) is 15.9. The standard InChI is InChI=1S/C16H15BrN2O3/c17-14-4-2-1-3-11(14)9-10-18-16(22)19-13-7-5-12(6-8-13)15(20)21/h1-8H,9-10H2,(H,20,21)(H2,18,19,22). The summed E-state index contributed by atoms with van der Waals surface area (Å²) in [4.78, 5) is 22.5. The molecule has 0 fully saturated rings. The molecule has 114 valence electrons. The lowest BCUT2D eigenvalue weighted by Crippen LogP contribution is -2.30. The van der Waals surface area contributed by atoms with Gasteiger partial charge >= 0.3 is 12.0 Å². The summed E-state index contributed by atoms with van der Waals surface area (Å²) >= 11 is 3.46. The Morgan fingerprint density at radius 2 is 1.73 bits per heavy atom. The number of nitrogens with one attached hydrogen (secondary N) is 2. The molecule has 2 rings (SSSR count). The molecule has 0 unspecified atom stereocenters. The Morgan fingerprint density at radius 3 is 2.36 bits per heavy atom. The molecule has 2 amide bonds. The van der Waals surface area contributed by atoms with E-state index in [1.165, 1.54) is 12.1 Å². The van der Waals surface area contributed by atoms with Gasteiger partial charge in [-0.05, 0) is 42.3 Å². The fourth-order valence-corrected chi connectivity index (χ4v) is 2.37. The maximum atomic E-state index is 11.8. The van der Waals surface area contributed by atoms with E-state index in [0.29, 0.717) is 18.7 Å². The van der Waals surface area contributed by atoms with Crippen molar-refractivity contribution < 1.29 is 14.7 Å². The predicted molar refractivity (Wildman–Crippen MR) is 88.3 cm³/mol. The van der Waals surface area contributed by atoms with Gasteiger partial charge in [-0.3, -0.25) is 0 Å². The molecule has 0 saturated heterocycles. The van der Waals surface area contributed by atoms with Crippen molar-refractivity contribution in [3.05, 3.63) is 64.1 Å². The lowest BCUT2D eigenvalue weighted by atomic mass is 10.1. The summed E-state index contributed by atoms with van der Waals surface area (Å²) in [6.07, 6.45) is 0.715. The SMILES string of the molecule is O=C(NCCc1ccccc1Br)Nc1ccc(C(=O)O)cc1. The Morgan fingerprint density at radius 1 is 1.05 bits per heavy atom. The highest BCUT2D eigenvalue weighted by molar-refractivity contribution is 9.10. The topological polar surface area (TPSA) is 78.4 Å². The summed E-state index contributed by atoms with van der Waals surface area (Å²) in [5, 5.41) is 14.2. The third kappa shape index (κ3) is 4.60. The van der Waals surface area contributed by atoms with Crippen LogP contribution in [-0.4, -0.2) is 23.7 Å². The molecule has 0 aliphatic rings. The Labute approximate surface area is 136 Å². The first-order valence-electron chi connectivity index (χ1n) is 6.68. The van der Waals surface area contributed by atoms with Crippen molar-refractivity contribution in [1.29, 1.82) is 0 Å². The third-order valence-corrected chi connectivity index (χ3v) is 3.80. The van der Waals surface area contributed by atoms with E-state index in [0.717, 1.165) is 10.0 Å². The van der Waals surface area contributed by atoms with Gasteiger partial charge in [0.1, 0.15) is 0 Å². The maximum Gasteiger partial charge on any atom is 0.335 e. The number of rotatable bonds is 5. The molecule has 2 aromatic rings. The van der Waals surface area contributed by atoms with Crippen molar-refractivity contribution in [1.82, 2.24) is 5.32 Å². The van der Waals surface area contributed by atoms with Crippen LogP contribution in [0, 0.1) is 0 Å². The highest BCUT2D eigenvalue weighted by Gasteiger charge is 2.05. The molecule has 0 heterocycles. The second kappa shape index (κ2) is 7.61. The molecule has 22 heavy (non-hydrogen) atoms. The third-order valence-electron chi connectivity index (χ3n) is 3.03. The number of carbonyl (C=O) groups is 2. The molecule has 0 aromatic heterocycles. The molecule has 0 bridgehead atoms. The Balaban J connectivity index is 1.80. The van der Waals surface area contributed by atoms with Crippen molar-refractivity contribution in [2.75, 3.05) is 11.9 Å². The molecule has 0 saturated carbocycles. The number of benzene rings is 2. The van der Waals surface area contributed by atoms with Crippen molar-refractivity contribution >= 4 is 33.6 Å². The van der Waals surface area contributed by atoms with Gasteiger partial charge in [0, 0.05) is 16.7 Å². The van der Waals surface area contributed by atoms with E-state index in [9.17, 15) is 9.59 Å². The number of carboxylic acids is 1. The Kier molecular flexibility index (Phi) is 5.55. The van der Waals surface area contributed by atoms with E-state index in [4.69, 9.17) is 5.11 Å². The quantitative estimate of drug-likeness (QED) is 0.761. The van der Waals surface area contributed by atoms with Gasteiger partial charge in [-0.25, -0.2) is 9.59 Å². The normalized spacial score (nSPS) is 10.0. The van der Waals surface area contributed by atoms with Gasteiger partial charge in [-0.2, -0.15) is 0 Å². The molecule has 5 nitrogen and oxygen atoms in total. The number of carboxylic acid groups (broad SMARTS) is 1. The van der Waals surface area contributed by atoms with Crippen LogP contribution >= 0.6 is 15.9 Å². The van der Waals surface area contributed by atoms with Crippen LogP contribution in [0.25, 0.3) is 0 Å². The summed E-state index contributed by atoms with van der Waals surface area (Å²) in [5.41, 5.74) is 1.84. The summed E-state index contributed by atoms with van der Waals surface area (Å²) < 4.78 is 1.02. The number of halogens is 1. The number of hydrogen-bond donors (Lipinski definition) is 3. The van der Waals surface area contributed by atoms with Crippen LogP contribution in [0.2, 0.25) is 0 Å². The Hall–Kier alpha value is -2.34. The zero-order valence-electron chi connectivity index (χ0n) is 11.7. The predicted octanol–water partition coefficient (Wildman–Crippen LogP) is 3.51. The monoisotopic (exact) mass is 362 g/mol. The average molecular weight is 363 g/mol. The number of anilines is 1. The summed E-state index contributed by atoms with van der Waals surface area (Å²) in [6.45, 7) is 0.502. The molecule has 0 radical (unpaired) electrons. The van der Waals surface area contributed by atoms with Gasteiger partial charge in [-0.1, -0.05) is 34.1 Å². The van der Waals surface area contributed by atoms with Crippen LogP contribution in [0.1, 0.15) is 15.9 Å². The second-order valence-corrected chi connectivity index (χ2v) is 5.46. The summed E-state index contributed by atoms with van der Waals surface area (Å²) in [7, 11) is 0. The molecular formula is C16H15BrN2O3. The molecule has 0 aliphatic carbocycles. The lowest BCUT2D eigenvalue weighted by Gasteiger charge is -2.08. The van der Waals surface area contributed by atoms with Crippen molar-refractivity contribution in [3.63, 3.8) is 0 Å². The minimum Gasteiger partial charge on any atom is -0.478 e. The van der Waals surface area contributed by atoms with Crippen LogP contribution in [0.5, 0.6) is 0 Å². The van der Waals surface area contributed by atoms with E-state index < -0.39 is 5.97 Å². The molecule has 0 aliphatic heterocycles. The van der Waals surface area contributed by atoms with Gasteiger partial charge < -0.3 is 15.7 Å². The maximum absolute atomic E-state index is 11.8. The fraction of sp³-hybridized carbons (Fsp3) is 0.125. The molecule has 6 heteroatoms. The van der Waals surface area contributed by atoms with Crippen molar-refractivity contribution in [3.8, 4) is 0 Å². The number of carbonyl (C=O) groups excluding carboxylic acids is 1. The minimum atomic E-state index is -0.996. The van der Waals surface area contributed by atoms with E-state index in [1.54, 1.807) is 12.1 Å². The highest BCUT2D eigenvalue weighted by atomic mass is 79.9. The second-order valence-electron chi connectivity index (χ2n) is 4.60. The average Bonchev–Trinajstić information content (AvgIpc) is 2.50. The van der Waals surface area contributed by atoms with Gasteiger partial charge in [0.05, 0.1) is 5.56 Å². The lowest BCUT2D eigenvalue weighted by molar-refractivity contribution is 0.0697. The van der Waals surface area contributed by atoms with Crippen LogP contribution < -0.4 is 10.6 Å². The van der Waals surface area contributed by atoms with E-state index in [2.05, 4.69) is 26.6 Å². The highest BCUT2D eigenvalue weighted by Crippen LogP contribution is 2.15. The fourth-order valence-electron chi connectivity index (χ4n) is 1.88. The first-order chi connectivity index (χ1) is 10.6. The molecule has 3 N–H and O–H groups in total.